The maximum absolute atomic E-state index is 11.1. The molecule has 0 aromatic carbocycles. The van der Waals surface area contributed by atoms with E-state index in [1.165, 1.54) is 6.07 Å². The molecule has 2 aromatic rings. The summed E-state index contributed by atoms with van der Waals surface area (Å²) in [6.07, 6.45) is 1.57. The van der Waals surface area contributed by atoms with Crippen LogP contribution in [0.15, 0.2) is 28.2 Å². The first-order valence-electron chi connectivity index (χ1n) is 5.41. The van der Waals surface area contributed by atoms with Gasteiger partial charge in [-0.05, 0) is 6.07 Å². The number of hydrogen-bond acceptors (Lipinski definition) is 6. The number of amidine groups is 1. The highest BCUT2D eigenvalue weighted by molar-refractivity contribution is 6.03. The molecule has 0 aliphatic heterocycles. The number of nitrogens with zero attached hydrogens (tertiary/aromatic N) is 2. The van der Waals surface area contributed by atoms with Crippen LogP contribution in [-0.4, -0.2) is 28.1 Å². The maximum Gasteiger partial charge on any atom is 0.247 e. The van der Waals surface area contributed by atoms with Crippen molar-refractivity contribution in [1.82, 2.24) is 20.7 Å². The van der Waals surface area contributed by atoms with Gasteiger partial charge in [-0.1, -0.05) is 0 Å². The number of hydrazone groups is 1. The molecule has 2 heterocycles. The lowest BCUT2D eigenvalue weighted by Gasteiger charge is -2.05. The van der Waals surface area contributed by atoms with E-state index >= 15 is 0 Å². The number of nitrogens with one attached hydrogen (secondary N) is 4. The van der Waals surface area contributed by atoms with E-state index in [4.69, 9.17) is 11.6 Å². The molecule has 0 spiro atoms. The van der Waals surface area contributed by atoms with Crippen LogP contribution in [0.25, 0.3) is 11.1 Å². The van der Waals surface area contributed by atoms with E-state index in [1.54, 1.807) is 19.3 Å². The molecule has 100 valence electrons. The van der Waals surface area contributed by atoms with Crippen LogP contribution in [0.1, 0.15) is 5.69 Å². The second-order valence-electron chi connectivity index (χ2n) is 3.64. The molecular formula is C10H14N8O. The van der Waals surface area contributed by atoms with E-state index in [9.17, 15) is 4.79 Å². The van der Waals surface area contributed by atoms with Crippen molar-refractivity contribution in [2.75, 3.05) is 12.4 Å². The molecule has 0 saturated carbocycles. The fourth-order valence-corrected chi connectivity index (χ4v) is 1.68. The Hall–Kier alpha value is -2.81. The van der Waals surface area contributed by atoms with Gasteiger partial charge in [-0.2, -0.15) is 5.10 Å². The summed E-state index contributed by atoms with van der Waals surface area (Å²) in [5.74, 6) is 5.83. The number of aromatic amines is 2. The van der Waals surface area contributed by atoms with Gasteiger partial charge in [0.2, 0.25) is 5.56 Å². The molecule has 0 atom stereocenters. The Morgan fingerprint density at radius 1 is 1.47 bits per heavy atom. The van der Waals surface area contributed by atoms with E-state index in [0.717, 1.165) is 5.56 Å². The molecule has 0 bridgehead atoms. The molecular weight excluding hydrogens is 248 g/mol. The Bertz CT molecular complexity index is 635. The van der Waals surface area contributed by atoms with Crippen LogP contribution in [-0.2, 0) is 0 Å². The number of aromatic nitrogens is 3. The van der Waals surface area contributed by atoms with E-state index in [1.807, 2.05) is 0 Å². The second-order valence-corrected chi connectivity index (χ2v) is 3.64. The SMILES string of the molecule is CNc1n[nH]c(/C(N)=N/NN)c1-c1ccc(=O)[nH]c1. The van der Waals surface area contributed by atoms with Gasteiger partial charge in [0.05, 0.1) is 5.56 Å². The van der Waals surface area contributed by atoms with Crippen molar-refractivity contribution < 1.29 is 0 Å². The van der Waals surface area contributed by atoms with Gasteiger partial charge in [-0.3, -0.25) is 9.89 Å². The molecule has 9 nitrogen and oxygen atoms in total. The van der Waals surface area contributed by atoms with Gasteiger partial charge < -0.3 is 16.0 Å². The van der Waals surface area contributed by atoms with Crippen LogP contribution in [0.3, 0.4) is 0 Å². The van der Waals surface area contributed by atoms with E-state index in [2.05, 4.69) is 31.1 Å². The molecule has 0 aliphatic rings. The van der Waals surface area contributed by atoms with Crippen LogP contribution in [0.2, 0.25) is 0 Å². The lowest BCUT2D eigenvalue weighted by atomic mass is 10.1. The minimum absolute atomic E-state index is 0.151. The highest BCUT2D eigenvalue weighted by Gasteiger charge is 2.17. The number of H-pyrrole nitrogens is 2. The Labute approximate surface area is 108 Å². The van der Waals surface area contributed by atoms with Crippen molar-refractivity contribution in [3.63, 3.8) is 0 Å². The third-order valence-electron chi connectivity index (χ3n) is 2.52. The molecule has 0 aliphatic carbocycles. The molecule has 0 saturated heterocycles. The van der Waals surface area contributed by atoms with Crippen LogP contribution in [0.4, 0.5) is 5.82 Å². The third kappa shape index (κ3) is 2.40. The quantitative estimate of drug-likeness (QED) is 0.178. The van der Waals surface area contributed by atoms with E-state index in [0.29, 0.717) is 17.1 Å². The molecule has 0 unspecified atom stereocenters. The highest BCUT2D eigenvalue weighted by atomic mass is 16.1. The first-order valence-corrected chi connectivity index (χ1v) is 5.41. The highest BCUT2D eigenvalue weighted by Crippen LogP contribution is 2.28. The van der Waals surface area contributed by atoms with Crippen LogP contribution in [0.5, 0.6) is 0 Å². The van der Waals surface area contributed by atoms with Crippen molar-refractivity contribution in [2.24, 2.45) is 16.7 Å². The van der Waals surface area contributed by atoms with Crippen molar-refractivity contribution >= 4 is 11.7 Å². The average molecular weight is 262 g/mol. The lowest BCUT2D eigenvalue weighted by molar-refractivity contribution is 0.802. The van der Waals surface area contributed by atoms with E-state index < -0.39 is 0 Å². The summed E-state index contributed by atoms with van der Waals surface area (Å²) in [7, 11) is 1.73. The largest absolute Gasteiger partial charge is 0.380 e. The van der Waals surface area contributed by atoms with Gasteiger partial charge in [0.25, 0.3) is 0 Å². The summed E-state index contributed by atoms with van der Waals surface area (Å²) in [5, 5.41) is 13.5. The molecule has 2 rings (SSSR count). The van der Waals surface area contributed by atoms with Crippen LogP contribution >= 0.6 is 0 Å². The number of hydrazine groups is 1. The monoisotopic (exact) mass is 262 g/mol. The Balaban J connectivity index is 2.59. The molecule has 8 N–H and O–H groups in total. The molecule has 0 radical (unpaired) electrons. The summed E-state index contributed by atoms with van der Waals surface area (Å²) in [6.45, 7) is 0. The van der Waals surface area contributed by atoms with Gasteiger partial charge >= 0.3 is 0 Å². The maximum atomic E-state index is 11.1. The second kappa shape index (κ2) is 5.23. The molecule has 19 heavy (non-hydrogen) atoms. The molecule has 9 heteroatoms. The molecule has 0 amide bonds. The van der Waals surface area contributed by atoms with Gasteiger partial charge in [0.1, 0.15) is 5.69 Å². The van der Waals surface area contributed by atoms with Gasteiger partial charge in [0.15, 0.2) is 11.7 Å². The summed E-state index contributed by atoms with van der Waals surface area (Å²) < 4.78 is 0. The van der Waals surface area contributed by atoms with Crippen LogP contribution < -0.4 is 28.0 Å². The average Bonchev–Trinajstić information content (AvgIpc) is 2.83. The predicted molar refractivity (Wildman–Crippen MR) is 72.2 cm³/mol. The zero-order valence-corrected chi connectivity index (χ0v) is 10.2. The molecule has 0 fully saturated rings. The van der Waals surface area contributed by atoms with E-state index in [-0.39, 0.29) is 11.4 Å². The molecule has 2 aromatic heterocycles. The number of pyridine rings is 1. The standard InChI is InChI=1S/C10H14N8O/c1-13-10-7(5-2-3-6(19)14-4-5)8(15-17-10)9(11)16-18-12/h2-4,18H,12H2,1H3,(H2,11,16)(H,14,19)(H2,13,15,17). The van der Waals surface area contributed by atoms with Crippen molar-refractivity contribution in [3.05, 3.63) is 34.4 Å². The number of hydrogen-bond donors (Lipinski definition) is 6. The third-order valence-corrected chi connectivity index (χ3v) is 2.52. The van der Waals surface area contributed by atoms with Gasteiger partial charge in [-0.25, -0.2) is 11.4 Å². The summed E-state index contributed by atoms with van der Waals surface area (Å²) in [5.41, 5.74) is 9.63. The minimum atomic E-state index is -0.190. The normalized spacial score (nSPS) is 11.4. The predicted octanol–water partition coefficient (Wildman–Crippen LogP) is -1.11. The zero-order valence-electron chi connectivity index (χ0n) is 10.2. The van der Waals surface area contributed by atoms with Gasteiger partial charge in [0, 0.05) is 24.9 Å². The van der Waals surface area contributed by atoms with Crippen molar-refractivity contribution in [3.8, 4) is 11.1 Å². The summed E-state index contributed by atoms with van der Waals surface area (Å²) >= 11 is 0. The fourth-order valence-electron chi connectivity index (χ4n) is 1.68. The fraction of sp³-hybridized carbons (Fsp3) is 0.100. The van der Waals surface area contributed by atoms with Gasteiger partial charge in [-0.15, -0.1) is 5.10 Å². The first kappa shape index (κ1) is 12.6. The topological polar surface area (TPSA) is 150 Å². The van der Waals surface area contributed by atoms with Crippen molar-refractivity contribution in [1.29, 1.82) is 0 Å². The lowest BCUT2D eigenvalue weighted by Crippen LogP contribution is -2.23. The van der Waals surface area contributed by atoms with Crippen molar-refractivity contribution in [2.45, 2.75) is 0 Å². The Morgan fingerprint density at radius 3 is 2.84 bits per heavy atom. The number of anilines is 1. The number of rotatable bonds is 4. The Morgan fingerprint density at radius 2 is 2.26 bits per heavy atom. The first-order chi connectivity index (χ1) is 9.17. The van der Waals surface area contributed by atoms with Crippen LogP contribution in [0, 0.1) is 0 Å². The zero-order chi connectivity index (χ0) is 13.8. The minimum Gasteiger partial charge on any atom is -0.380 e. The smallest absolute Gasteiger partial charge is 0.247 e. The Kier molecular flexibility index (Phi) is 3.48. The summed E-state index contributed by atoms with van der Waals surface area (Å²) in [4.78, 5) is 13.7. The number of nitrogens with two attached hydrogens (primary N) is 2. The summed E-state index contributed by atoms with van der Waals surface area (Å²) in [6, 6.07) is 3.08.